The van der Waals surface area contributed by atoms with E-state index in [4.69, 9.17) is 4.74 Å². The molecule has 112 valence electrons. The van der Waals surface area contributed by atoms with E-state index < -0.39 is 0 Å². The van der Waals surface area contributed by atoms with Gasteiger partial charge in [0.25, 0.3) is 0 Å². The van der Waals surface area contributed by atoms with Crippen LogP contribution in [0.2, 0.25) is 0 Å². The fourth-order valence-corrected chi connectivity index (χ4v) is 2.37. The highest BCUT2D eigenvalue weighted by atomic mass is 16.5. The lowest BCUT2D eigenvalue weighted by Crippen LogP contribution is -2.40. The largest absolute Gasteiger partial charge is 0.383 e. The molecule has 0 saturated carbocycles. The Hall–Kier alpha value is -0.650. The molecule has 19 heavy (non-hydrogen) atoms. The monoisotopic (exact) mass is 271 g/mol. The molecular formula is C14H29N3O2. The van der Waals surface area contributed by atoms with Crippen molar-refractivity contribution in [3.05, 3.63) is 0 Å². The summed E-state index contributed by atoms with van der Waals surface area (Å²) in [5, 5.41) is 6.02. The lowest BCUT2D eigenvalue weighted by molar-refractivity contribution is -0.120. The molecule has 1 fully saturated rings. The fraction of sp³-hybridized carbons (Fsp3) is 0.929. The normalized spacial score (nSPS) is 18.2. The predicted octanol–water partition coefficient (Wildman–Crippen LogP) is 0.461. The summed E-state index contributed by atoms with van der Waals surface area (Å²) < 4.78 is 4.91. The van der Waals surface area contributed by atoms with Crippen molar-refractivity contribution in [3.63, 3.8) is 0 Å². The quantitative estimate of drug-likeness (QED) is 0.598. The highest BCUT2D eigenvalue weighted by molar-refractivity contribution is 5.77. The summed E-state index contributed by atoms with van der Waals surface area (Å²) in [6.07, 6.45) is 4.01. The smallest absolute Gasteiger partial charge is 0.233 e. The van der Waals surface area contributed by atoms with Crippen LogP contribution in [0.25, 0.3) is 0 Å². The molecule has 5 nitrogen and oxygen atoms in total. The Morgan fingerprint density at radius 1 is 1.32 bits per heavy atom. The number of ether oxygens (including phenoxy) is 1. The molecule has 1 saturated heterocycles. The Balaban J connectivity index is 2.01. The first-order valence-electron chi connectivity index (χ1n) is 7.41. The van der Waals surface area contributed by atoms with Gasteiger partial charge in [0.15, 0.2) is 0 Å². The molecule has 2 N–H and O–H groups in total. The van der Waals surface area contributed by atoms with Crippen molar-refractivity contribution in [3.8, 4) is 0 Å². The van der Waals surface area contributed by atoms with Gasteiger partial charge in [-0.3, -0.25) is 4.79 Å². The first-order chi connectivity index (χ1) is 9.22. The van der Waals surface area contributed by atoms with Crippen LogP contribution in [0.3, 0.4) is 0 Å². The van der Waals surface area contributed by atoms with Crippen molar-refractivity contribution in [2.24, 2.45) is 5.92 Å². The van der Waals surface area contributed by atoms with Gasteiger partial charge in [0, 0.05) is 26.7 Å². The number of carbonyl (C=O) groups is 1. The first-order valence-corrected chi connectivity index (χ1v) is 7.41. The summed E-state index contributed by atoms with van der Waals surface area (Å²) in [6.45, 7) is 8.23. The SMILES string of the molecule is COCCNCC(=O)NCC(C)CN1CCCCC1. The average molecular weight is 271 g/mol. The number of methoxy groups -OCH3 is 1. The van der Waals surface area contributed by atoms with Crippen LogP contribution in [0, 0.1) is 5.92 Å². The van der Waals surface area contributed by atoms with Crippen molar-refractivity contribution in [1.29, 1.82) is 0 Å². The molecule has 1 heterocycles. The molecule has 0 aromatic rings. The Bertz CT molecular complexity index is 243. The minimum Gasteiger partial charge on any atom is -0.383 e. The fourth-order valence-electron chi connectivity index (χ4n) is 2.37. The second-order valence-electron chi connectivity index (χ2n) is 5.44. The van der Waals surface area contributed by atoms with Crippen molar-refractivity contribution >= 4 is 5.91 Å². The van der Waals surface area contributed by atoms with Gasteiger partial charge in [-0.05, 0) is 31.8 Å². The molecule has 0 bridgehead atoms. The van der Waals surface area contributed by atoms with Gasteiger partial charge >= 0.3 is 0 Å². The number of hydrogen-bond acceptors (Lipinski definition) is 4. The molecule has 0 aromatic carbocycles. The van der Waals surface area contributed by atoms with Crippen molar-refractivity contribution < 1.29 is 9.53 Å². The Morgan fingerprint density at radius 3 is 2.74 bits per heavy atom. The number of nitrogens with zero attached hydrogens (tertiary/aromatic N) is 1. The molecule has 5 heteroatoms. The maximum absolute atomic E-state index is 11.6. The highest BCUT2D eigenvalue weighted by Crippen LogP contribution is 2.10. The molecule has 1 rings (SSSR count). The Labute approximate surface area is 117 Å². The maximum Gasteiger partial charge on any atom is 0.233 e. The van der Waals surface area contributed by atoms with Crippen LogP contribution in [0.15, 0.2) is 0 Å². The predicted molar refractivity (Wildman–Crippen MR) is 77.2 cm³/mol. The standard InChI is InChI=1S/C14H29N3O2/c1-13(12-17-7-4-3-5-8-17)10-16-14(18)11-15-6-9-19-2/h13,15H,3-12H2,1-2H3,(H,16,18). The summed E-state index contributed by atoms with van der Waals surface area (Å²) in [6, 6.07) is 0. The second kappa shape index (κ2) is 10.2. The molecule has 1 atom stereocenters. The molecular weight excluding hydrogens is 242 g/mol. The van der Waals surface area contributed by atoms with E-state index in [2.05, 4.69) is 22.5 Å². The van der Waals surface area contributed by atoms with Crippen LogP contribution in [-0.4, -0.2) is 63.8 Å². The Morgan fingerprint density at radius 2 is 2.05 bits per heavy atom. The number of carbonyl (C=O) groups excluding carboxylic acids is 1. The van der Waals surface area contributed by atoms with E-state index in [1.54, 1.807) is 7.11 Å². The molecule has 1 aliphatic rings. The van der Waals surface area contributed by atoms with Crippen molar-refractivity contribution in [1.82, 2.24) is 15.5 Å². The van der Waals surface area contributed by atoms with E-state index in [9.17, 15) is 4.79 Å². The van der Waals surface area contributed by atoms with Crippen LogP contribution in [0.4, 0.5) is 0 Å². The third-order valence-electron chi connectivity index (χ3n) is 3.43. The average Bonchev–Trinajstić information content (AvgIpc) is 2.42. The van der Waals surface area contributed by atoms with Crippen LogP contribution in [0.1, 0.15) is 26.2 Å². The van der Waals surface area contributed by atoms with Crippen molar-refractivity contribution in [2.45, 2.75) is 26.2 Å². The van der Waals surface area contributed by atoms with Gasteiger partial charge in [-0.1, -0.05) is 13.3 Å². The van der Waals surface area contributed by atoms with Crippen LogP contribution < -0.4 is 10.6 Å². The molecule has 1 aliphatic heterocycles. The minimum atomic E-state index is 0.0709. The van der Waals surface area contributed by atoms with E-state index in [0.29, 0.717) is 25.6 Å². The van der Waals surface area contributed by atoms with Gasteiger partial charge in [-0.25, -0.2) is 0 Å². The number of likely N-dealkylation sites (tertiary alicyclic amines) is 1. The van der Waals surface area contributed by atoms with Crippen LogP contribution >= 0.6 is 0 Å². The van der Waals surface area contributed by atoms with Gasteiger partial charge in [0.05, 0.1) is 13.2 Å². The third kappa shape index (κ3) is 8.18. The molecule has 0 radical (unpaired) electrons. The van der Waals surface area contributed by atoms with E-state index in [0.717, 1.165) is 13.1 Å². The number of rotatable bonds is 9. The molecule has 0 spiro atoms. The molecule has 1 amide bonds. The molecule has 1 unspecified atom stereocenters. The Kier molecular flexibility index (Phi) is 8.79. The number of piperidine rings is 1. The number of amides is 1. The van der Waals surface area contributed by atoms with Gasteiger partial charge in [-0.15, -0.1) is 0 Å². The zero-order valence-corrected chi connectivity index (χ0v) is 12.4. The number of hydrogen-bond donors (Lipinski definition) is 2. The van der Waals surface area contributed by atoms with Crippen LogP contribution in [0.5, 0.6) is 0 Å². The van der Waals surface area contributed by atoms with E-state index in [-0.39, 0.29) is 5.91 Å². The minimum absolute atomic E-state index is 0.0709. The lowest BCUT2D eigenvalue weighted by Gasteiger charge is -2.29. The zero-order chi connectivity index (χ0) is 13.9. The summed E-state index contributed by atoms with van der Waals surface area (Å²) in [5.74, 6) is 0.586. The van der Waals surface area contributed by atoms with E-state index in [1.165, 1.54) is 32.4 Å². The lowest BCUT2D eigenvalue weighted by atomic mass is 10.1. The van der Waals surface area contributed by atoms with E-state index in [1.807, 2.05) is 0 Å². The van der Waals surface area contributed by atoms with Crippen molar-refractivity contribution in [2.75, 3.05) is 53.0 Å². The van der Waals surface area contributed by atoms with Gasteiger partial charge in [0.2, 0.25) is 5.91 Å². The molecule has 0 aromatic heterocycles. The topological polar surface area (TPSA) is 53.6 Å². The van der Waals surface area contributed by atoms with Crippen LogP contribution in [-0.2, 0) is 9.53 Å². The summed E-state index contributed by atoms with van der Waals surface area (Å²) in [4.78, 5) is 14.1. The summed E-state index contributed by atoms with van der Waals surface area (Å²) in [5.41, 5.74) is 0. The highest BCUT2D eigenvalue weighted by Gasteiger charge is 2.13. The first kappa shape index (κ1) is 16.4. The summed E-state index contributed by atoms with van der Waals surface area (Å²) >= 11 is 0. The number of nitrogens with one attached hydrogen (secondary N) is 2. The maximum atomic E-state index is 11.6. The zero-order valence-electron chi connectivity index (χ0n) is 12.4. The van der Waals surface area contributed by atoms with E-state index >= 15 is 0 Å². The van der Waals surface area contributed by atoms with Gasteiger partial charge in [-0.2, -0.15) is 0 Å². The third-order valence-corrected chi connectivity index (χ3v) is 3.43. The second-order valence-corrected chi connectivity index (χ2v) is 5.44. The van der Waals surface area contributed by atoms with Gasteiger partial charge < -0.3 is 20.3 Å². The molecule has 0 aliphatic carbocycles. The summed E-state index contributed by atoms with van der Waals surface area (Å²) in [7, 11) is 1.66. The van der Waals surface area contributed by atoms with Gasteiger partial charge in [0.1, 0.15) is 0 Å².